The van der Waals surface area contributed by atoms with Crippen molar-refractivity contribution in [3.8, 4) is 33.4 Å². The van der Waals surface area contributed by atoms with Gasteiger partial charge in [0.15, 0.2) is 11.5 Å². The Balaban J connectivity index is 1.54. The van der Waals surface area contributed by atoms with E-state index in [1.165, 1.54) is 28.0 Å². The molecule has 31 heavy (non-hydrogen) atoms. The van der Waals surface area contributed by atoms with Crippen LogP contribution in [0.1, 0.15) is 26.4 Å². The van der Waals surface area contributed by atoms with Crippen LogP contribution in [-0.4, -0.2) is 34.3 Å². The summed E-state index contributed by atoms with van der Waals surface area (Å²) in [6, 6.07) is 11.7. The third kappa shape index (κ3) is 4.05. The topological polar surface area (TPSA) is 66.0 Å². The predicted octanol–water partition coefficient (Wildman–Crippen LogP) is 4.48. The number of carbonyl (C=O) groups excluding carboxylic acids is 1. The molecule has 1 aliphatic carbocycles. The molecule has 6 nitrogen and oxygen atoms in total. The molecule has 0 bridgehead atoms. The largest absolute Gasteiger partial charge is 0.497 e. The highest BCUT2D eigenvalue weighted by Crippen LogP contribution is 2.41. The molecule has 0 spiro atoms. The predicted molar refractivity (Wildman–Crippen MR) is 121 cm³/mol. The van der Waals surface area contributed by atoms with E-state index in [2.05, 4.69) is 17.4 Å². The van der Waals surface area contributed by atoms with Gasteiger partial charge < -0.3 is 24.3 Å². The summed E-state index contributed by atoms with van der Waals surface area (Å²) < 4.78 is 21.5. The molecule has 0 radical (unpaired) electrons. The van der Waals surface area contributed by atoms with Crippen molar-refractivity contribution in [3.05, 3.63) is 58.0 Å². The standard InChI is InChI=1S/C24H25NO5S/c1-27-17-7-8-18-14(9-17)5-6-15-11-22(31-23(15)18)24(26)25-13-16-10-20(29-3)21(30-4)12-19(16)28-2/h7-12H,5-6,13H2,1-4H3,(H,25,26). The normalized spacial score (nSPS) is 11.9. The minimum atomic E-state index is -0.105. The van der Waals surface area contributed by atoms with E-state index in [0.29, 0.717) is 28.7 Å². The zero-order valence-corrected chi connectivity index (χ0v) is 18.9. The van der Waals surface area contributed by atoms with Crippen molar-refractivity contribution in [3.63, 3.8) is 0 Å². The second-order valence-corrected chi connectivity index (χ2v) is 8.24. The van der Waals surface area contributed by atoms with Crippen molar-refractivity contribution < 1.29 is 23.7 Å². The maximum Gasteiger partial charge on any atom is 0.261 e. The molecule has 4 rings (SSSR count). The van der Waals surface area contributed by atoms with Crippen LogP contribution in [0.4, 0.5) is 0 Å². The highest BCUT2D eigenvalue weighted by Gasteiger charge is 2.22. The number of carbonyl (C=O) groups is 1. The molecular formula is C24H25NO5S. The molecule has 0 unspecified atom stereocenters. The Kier molecular flexibility index (Phi) is 6.04. The van der Waals surface area contributed by atoms with Crippen molar-refractivity contribution >= 4 is 17.2 Å². The van der Waals surface area contributed by atoms with Crippen LogP contribution in [0.15, 0.2) is 36.4 Å². The summed E-state index contributed by atoms with van der Waals surface area (Å²) in [4.78, 5) is 14.8. The third-order valence-electron chi connectivity index (χ3n) is 5.48. The van der Waals surface area contributed by atoms with Gasteiger partial charge in [-0.2, -0.15) is 0 Å². The fraction of sp³-hybridized carbons (Fsp3) is 0.292. The molecule has 7 heteroatoms. The second-order valence-electron chi connectivity index (χ2n) is 7.19. The quantitative estimate of drug-likeness (QED) is 0.588. The molecule has 3 aromatic rings. The minimum absolute atomic E-state index is 0.105. The van der Waals surface area contributed by atoms with E-state index in [-0.39, 0.29) is 5.91 Å². The Morgan fingerprint density at radius 3 is 2.29 bits per heavy atom. The van der Waals surface area contributed by atoms with Crippen LogP contribution in [0.2, 0.25) is 0 Å². The number of hydrogen-bond acceptors (Lipinski definition) is 6. The van der Waals surface area contributed by atoms with E-state index in [1.54, 1.807) is 34.5 Å². The van der Waals surface area contributed by atoms with Gasteiger partial charge in [-0.15, -0.1) is 11.3 Å². The Labute approximate surface area is 185 Å². The first kappa shape index (κ1) is 21.1. The number of benzene rings is 2. The summed E-state index contributed by atoms with van der Waals surface area (Å²) >= 11 is 1.53. The first-order valence-electron chi connectivity index (χ1n) is 9.95. The van der Waals surface area contributed by atoms with E-state index >= 15 is 0 Å². The van der Waals surface area contributed by atoms with Crippen molar-refractivity contribution in [1.29, 1.82) is 0 Å². The smallest absolute Gasteiger partial charge is 0.261 e. The van der Waals surface area contributed by atoms with Gasteiger partial charge in [-0.25, -0.2) is 0 Å². The van der Waals surface area contributed by atoms with E-state index < -0.39 is 0 Å². The molecule has 0 saturated heterocycles. The van der Waals surface area contributed by atoms with E-state index in [9.17, 15) is 4.79 Å². The number of fused-ring (bicyclic) bond motifs is 3. The summed E-state index contributed by atoms with van der Waals surface area (Å²) in [6.07, 6.45) is 1.86. The van der Waals surface area contributed by atoms with Crippen molar-refractivity contribution in [2.24, 2.45) is 0 Å². The van der Waals surface area contributed by atoms with Gasteiger partial charge in [-0.3, -0.25) is 4.79 Å². The number of nitrogens with one attached hydrogen (secondary N) is 1. The van der Waals surface area contributed by atoms with Gasteiger partial charge in [-0.1, -0.05) is 0 Å². The maximum absolute atomic E-state index is 12.9. The Morgan fingerprint density at radius 1 is 0.871 bits per heavy atom. The van der Waals surface area contributed by atoms with Crippen LogP contribution in [0.5, 0.6) is 23.0 Å². The summed E-state index contributed by atoms with van der Waals surface area (Å²) in [6.45, 7) is 0.318. The zero-order valence-electron chi connectivity index (χ0n) is 18.0. The molecule has 162 valence electrons. The van der Waals surface area contributed by atoms with Crippen molar-refractivity contribution in [1.82, 2.24) is 5.32 Å². The number of aryl methyl sites for hydroxylation is 2. The van der Waals surface area contributed by atoms with Gasteiger partial charge in [0, 0.05) is 23.1 Å². The Morgan fingerprint density at radius 2 is 1.58 bits per heavy atom. The van der Waals surface area contributed by atoms with Crippen LogP contribution < -0.4 is 24.3 Å². The van der Waals surface area contributed by atoms with E-state index in [0.717, 1.165) is 29.0 Å². The lowest BCUT2D eigenvalue weighted by atomic mass is 9.91. The average Bonchev–Trinajstić information content (AvgIpc) is 3.26. The van der Waals surface area contributed by atoms with Crippen molar-refractivity contribution in [2.75, 3.05) is 28.4 Å². The molecular weight excluding hydrogens is 414 g/mol. The van der Waals surface area contributed by atoms with Gasteiger partial charge in [0.2, 0.25) is 0 Å². The molecule has 0 atom stereocenters. The van der Waals surface area contributed by atoms with Crippen LogP contribution >= 0.6 is 11.3 Å². The highest BCUT2D eigenvalue weighted by atomic mass is 32.1. The van der Waals surface area contributed by atoms with Crippen molar-refractivity contribution in [2.45, 2.75) is 19.4 Å². The molecule has 0 aliphatic heterocycles. The lowest BCUT2D eigenvalue weighted by molar-refractivity contribution is 0.0954. The first-order valence-corrected chi connectivity index (χ1v) is 10.8. The van der Waals surface area contributed by atoms with Gasteiger partial charge in [0.25, 0.3) is 5.91 Å². The fourth-order valence-corrected chi connectivity index (χ4v) is 5.03. The van der Waals surface area contributed by atoms with E-state index in [4.69, 9.17) is 18.9 Å². The van der Waals surface area contributed by atoms with Crippen LogP contribution in [-0.2, 0) is 19.4 Å². The molecule has 0 fully saturated rings. The summed E-state index contributed by atoms with van der Waals surface area (Å²) in [7, 11) is 6.42. The van der Waals surface area contributed by atoms with Gasteiger partial charge >= 0.3 is 0 Å². The van der Waals surface area contributed by atoms with E-state index in [1.807, 2.05) is 18.2 Å². The number of rotatable bonds is 7. The van der Waals surface area contributed by atoms with Crippen LogP contribution in [0, 0.1) is 0 Å². The lowest BCUT2D eigenvalue weighted by Gasteiger charge is -2.16. The summed E-state index contributed by atoms with van der Waals surface area (Å²) in [5.41, 5.74) is 4.48. The molecule has 2 aromatic carbocycles. The summed E-state index contributed by atoms with van der Waals surface area (Å²) in [5, 5.41) is 3.01. The van der Waals surface area contributed by atoms with Gasteiger partial charge in [-0.05, 0) is 59.9 Å². The summed E-state index contributed by atoms with van der Waals surface area (Å²) in [5.74, 6) is 2.56. The molecule has 1 heterocycles. The molecule has 1 amide bonds. The zero-order chi connectivity index (χ0) is 22.0. The molecule has 1 aromatic heterocycles. The number of amides is 1. The minimum Gasteiger partial charge on any atom is -0.497 e. The third-order valence-corrected chi connectivity index (χ3v) is 6.69. The highest BCUT2D eigenvalue weighted by molar-refractivity contribution is 7.17. The second kappa shape index (κ2) is 8.89. The first-order chi connectivity index (χ1) is 15.1. The SMILES string of the molecule is COc1ccc2c(c1)CCc1cc(C(=O)NCc3cc(OC)c(OC)cc3OC)sc1-2. The Hall–Kier alpha value is -3.19. The number of hydrogen-bond donors (Lipinski definition) is 1. The molecule has 0 saturated carbocycles. The van der Waals surface area contributed by atoms with Gasteiger partial charge in [0.1, 0.15) is 11.5 Å². The number of ether oxygens (including phenoxy) is 4. The molecule has 1 N–H and O–H groups in total. The Bertz CT molecular complexity index is 1120. The van der Waals surface area contributed by atoms with Crippen LogP contribution in [0.25, 0.3) is 10.4 Å². The maximum atomic E-state index is 12.9. The molecule has 1 aliphatic rings. The monoisotopic (exact) mass is 439 g/mol. The lowest BCUT2D eigenvalue weighted by Crippen LogP contribution is -2.22. The fourth-order valence-electron chi connectivity index (χ4n) is 3.84. The number of methoxy groups -OCH3 is 4. The van der Waals surface area contributed by atoms with Crippen LogP contribution in [0.3, 0.4) is 0 Å². The van der Waals surface area contributed by atoms with Gasteiger partial charge in [0.05, 0.1) is 33.3 Å². The number of thiophene rings is 1. The average molecular weight is 440 g/mol.